The van der Waals surface area contributed by atoms with E-state index in [0.717, 1.165) is 19.3 Å². The van der Waals surface area contributed by atoms with Crippen molar-refractivity contribution in [1.82, 2.24) is 4.90 Å². The van der Waals surface area contributed by atoms with Gasteiger partial charge in [0.25, 0.3) is 5.91 Å². The van der Waals surface area contributed by atoms with Crippen LogP contribution in [0.3, 0.4) is 0 Å². The van der Waals surface area contributed by atoms with Gasteiger partial charge in [0.15, 0.2) is 5.82 Å². The summed E-state index contributed by atoms with van der Waals surface area (Å²) in [6.45, 7) is 0.321. The molecule has 1 aliphatic heterocycles. The van der Waals surface area contributed by atoms with Gasteiger partial charge in [0.05, 0.1) is 10.6 Å². The van der Waals surface area contributed by atoms with Gasteiger partial charge in [0.2, 0.25) is 0 Å². The van der Waals surface area contributed by atoms with Gasteiger partial charge in [-0.2, -0.15) is 0 Å². The fourth-order valence-electron chi connectivity index (χ4n) is 2.43. The first kappa shape index (κ1) is 14.8. The topological polar surface area (TPSA) is 57.6 Å². The molecule has 0 spiro atoms. The molecule has 1 unspecified atom stereocenters. The normalized spacial score (nSPS) is 19.5. The maximum absolute atomic E-state index is 13.9. The van der Waals surface area contributed by atoms with Crippen LogP contribution in [0.5, 0.6) is 0 Å². The zero-order valence-electron chi connectivity index (χ0n) is 10.8. The lowest BCUT2D eigenvalue weighted by molar-refractivity contribution is -0.142. The third-order valence-corrected chi connectivity index (χ3v) is 3.77. The van der Waals surface area contributed by atoms with Gasteiger partial charge in [-0.3, -0.25) is 4.79 Å². The molecule has 2 rings (SSSR count). The summed E-state index contributed by atoms with van der Waals surface area (Å²) < 4.78 is 13.9. The Labute approximate surface area is 121 Å². The van der Waals surface area contributed by atoms with Crippen LogP contribution in [0, 0.1) is 5.82 Å². The number of aliphatic carboxylic acids is 1. The summed E-state index contributed by atoms with van der Waals surface area (Å²) in [4.78, 5) is 24.9. The summed E-state index contributed by atoms with van der Waals surface area (Å²) in [5.41, 5.74) is -0.175. The number of halogens is 2. The van der Waals surface area contributed by atoms with E-state index in [9.17, 15) is 19.1 Å². The molecular formula is C14H15ClFNO3. The van der Waals surface area contributed by atoms with E-state index in [1.165, 1.54) is 23.1 Å². The highest BCUT2D eigenvalue weighted by atomic mass is 35.5. The standard InChI is InChI=1S/C14H15ClFNO3/c15-10-6-4-5-9(12(10)16)13(18)17-8-3-1-2-7-11(17)14(19)20/h4-6,11H,1-3,7-8H2,(H,19,20). The van der Waals surface area contributed by atoms with E-state index >= 15 is 0 Å². The summed E-state index contributed by atoms with van der Waals surface area (Å²) in [6, 6.07) is 3.26. The van der Waals surface area contributed by atoms with Crippen LogP contribution in [0.15, 0.2) is 18.2 Å². The molecule has 1 N–H and O–H groups in total. The lowest BCUT2D eigenvalue weighted by Crippen LogP contribution is -2.44. The number of benzene rings is 1. The second-order valence-corrected chi connectivity index (χ2v) is 5.21. The van der Waals surface area contributed by atoms with Crippen LogP contribution in [0.25, 0.3) is 0 Å². The fraction of sp³-hybridized carbons (Fsp3) is 0.429. The molecule has 0 saturated carbocycles. The average molecular weight is 300 g/mol. The minimum Gasteiger partial charge on any atom is -0.480 e. The van der Waals surface area contributed by atoms with Crippen molar-refractivity contribution in [2.24, 2.45) is 0 Å². The van der Waals surface area contributed by atoms with Crippen molar-refractivity contribution in [3.05, 3.63) is 34.6 Å². The quantitative estimate of drug-likeness (QED) is 0.913. The highest BCUT2D eigenvalue weighted by Crippen LogP contribution is 2.23. The Balaban J connectivity index is 2.33. The number of likely N-dealkylation sites (tertiary alicyclic amines) is 1. The maximum Gasteiger partial charge on any atom is 0.326 e. The number of carboxylic acids is 1. The van der Waals surface area contributed by atoms with Crippen molar-refractivity contribution >= 4 is 23.5 Å². The number of carbonyl (C=O) groups excluding carboxylic acids is 1. The Morgan fingerprint density at radius 1 is 1.30 bits per heavy atom. The van der Waals surface area contributed by atoms with E-state index in [4.69, 9.17) is 11.6 Å². The van der Waals surface area contributed by atoms with E-state index in [0.29, 0.717) is 13.0 Å². The summed E-state index contributed by atoms with van der Waals surface area (Å²) in [6.07, 6.45) is 2.73. The van der Waals surface area contributed by atoms with E-state index in [2.05, 4.69) is 0 Å². The van der Waals surface area contributed by atoms with Gasteiger partial charge in [-0.25, -0.2) is 9.18 Å². The second-order valence-electron chi connectivity index (χ2n) is 4.80. The fourth-order valence-corrected chi connectivity index (χ4v) is 2.61. The molecule has 108 valence electrons. The molecular weight excluding hydrogens is 285 g/mol. The van der Waals surface area contributed by atoms with Crippen LogP contribution in [0.4, 0.5) is 4.39 Å². The first-order valence-corrected chi connectivity index (χ1v) is 6.88. The molecule has 0 bridgehead atoms. The predicted octanol–water partition coefficient (Wildman–Crippen LogP) is 2.95. The average Bonchev–Trinajstić information content (AvgIpc) is 2.66. The monoisotopic (exact) mass is 299 g/mol. The van der Waals surface area contributed by atoms with Crippen molar-refractivity contribution in [2.45, 2.75) is 31.7 Å². The first-order chi connectivity index (χ1) is 9.52. The van der Waals surface area contributed by atoms with Crippen molar-refractivity contribution < 1.29 is 19.1 Å². The number of rotatable bonds is 2. The van der Waals surface area contributed by atoms with Crippen molar-refractivity contribution in [3.63, 3.8) is 0 Å². The molecule has 1 aromatic carbocycles. The number of hydrogen-bond acceptors (Lipinski definition) is 2. The van der Waals surface area contributed by atoms with Crippen LogP contribution >= 0.6 is 11.6 Å². The number of nitrogens with zero attached hydrogens (tertiary/aromatic N) is 1. The number of hydrogen-bond donors (Lipinski definition) is 1. The van der Waals surface area contributed by atoms with Crippen molar-refractivity contribution in [1.29, 1.82) is 0 Å². The van der Waals surface area contributed by atoms with Crippen molar-refractivity contribution in [3.8, 4) is 0 Å². The highest BCUT2D eigenvalue weighted by molar-refractivity contribution is 6.31. The molecule has 20 heavy (non-hydrogen) atoms. The molecule has 1 fully saturated rings. The van der Waals surface area contributed by atoms with Crippen LogP contribution in [0.2, 0.25) is 5.02 Å². The molecule has 1 heterocycles. The predicted molar refractivity (Wildman–Crippen MR) is 72.3 cm³/mol. The van der Waals surface area contributed by atoms with E-state index in [1.54, 1.807) is 0 Å². The number of carboxylic acid groups (broad SMARTS) is 1. The molecule has 0 aliphatic carbocycles. The van der Waals surface area contributed by atoms with E-state index in [-0.39, 0.29) is 10.6 Å². The number of carbonyl (C=O) groups is 2. The first-order valence-electron chi connectivity index (χ1n) is 6.50. The Morgan fingerprint density at radius 3 is 2.75 bits per heavy atom. The van der Waals surface area contributed by atoms with Gasteiger partial charge in [0.1, 0.15) is 6.04 Å². The largest absolute Gasteiger partial charge is 0.480 e. The molecule has 1 saturated heterocycles. The number of amides is 1. The van der Waals surface area contributed by atoms with Gasteiger partial charge in [0, 0.05) is 6.54 Å². The molecule has 1 atom stereocenters. The molecule has 6 heteroatoms. The Hall–Kier alpha value is -1.62. The zero-order chi connectivity index (χ0) is 14.7. The third kappa shape index (κ3) is 2.93. The van der Waals surface area contributed by atoms with E-state index in [1.807, 2.05) is 0 Å². The van der Waals surface area contributed by atoms with Gasteiger partial charge < -0.3 is 10.0 Å². The third-order valence-electron chi connectivity index (χ3n) is 3.48. The van der Waals surface area contributed by atoms with Crippen LogP contribution in [-0.4, -0.2) is 34.5 Å². The summed E-state index contributed by atoms with van der Waals surface area (Å²) in [7, 11) is 0. The van der Waals surface area contributed by atoms with E-state index < -0.39 is 23.7 Å². The van der Waals surface area contributed by atoms with Crippen LogP contribution in [-0.2, 0) is 4.79 Å². The van der Waals surface area contributed by atoms with Gasteiger partial charge in [-0.1, -0.05) is 30.5 Å². The molecule has 4 nitrogen and oxygen atoms in total. The molecule has 0 aromatic heterocycles. The lowest BCUT2D eigenvalue weighted by atomic mass is 10.1. The van der Waals surface area contributed by atoms with Crippen molar-refractivity contribution in [2.75, 3.05) is 6.54 Å². The zero-order valence-corrected chi connectivity index (χ0v) is 11.6. The Kier molecular flexibility index (Phi) is 4.60. The lowest BCUT2D eigenvalue weighted by Gasteiger charge is -2.27. The Bertz CT molecular complexity index is 535. The minimum atomic E-state index is -1.05. The SMILES string of the molecule is O=C(O)C1CCCCCN1C(=O)c1cccc(Cl)c1F. The summed E-state index contributed by atoms with van der Waals surface area (Å²) in [5, 5.41) is 9.10. The summed E-state index contributed by atoms with van der Waals surface area (Å²) >= 11 is 5.67. The van der Waals surface area contributed by atoms with Gasteiger partial charge >= 0.3 is 5.97 Å². The Morgan fingerprint density at radius 2 is 2.05 bits per heavy atom. The van der Waals surface area contributed by atoms with Gasteiger partial charge in [-0.15, -0.1) is 0 Å². The smallest absolute Gasteiger partial charge is 0.326 e. The van der Waals surface area contributed by atoms with Crippen LogP contribution in [0.1, 0.15) is 36.0 Å². The molecule has 1 amide bonds. The molecule has 1 aromatic rings. The molecule has 0 radical (unpaired) electrons. The summed E-state index contributed by atoms with van der Waals surface area (Å²) in [5.74, 6) is -2.46. The van der Waals surface area contributed by atoms with Gasteiger partial charge in [-0.05, 0) is 25.0 Å². The van der Waals surface area contributed by atoms with Crippen LogP contribution < -0.4 is 0 Å². The second kappa shape index (κ2) is 6.22. The minimum absolute atomic E-state index is 0.141. The maximum atomic E-state index is 13.9. The highest BCUT2D eigenvalue weighted by Gasteiger charge is 2.32. The molecule has 1 aliphatic rings.